The van der Waals surface area contributed by atoms with Gasteiger partial charge in [-0.2, -0.15) is 18.2 Å². The second-order valence-electron chi connectivity index (χ2n) is 16.1. The zero-order chi connectivity index (χ0) is 44.7. The molecule has 1 saturated carbocycles. The molecule has 64 heavy (non-hydrogen) atoms. The molecule has 10 rings (SSSR count). The number of nitrogens with zero attached hydrogens (tertiary/aromatic N) is 4. The Morgan fingerprint density at radius 2 is 1.62 bits per heavy atom. The number of halogens is 5. The van der Waals surface area contributed by atoms with E-state index in [9.17, 15) is 27.9 Å². The summed E-state index contributed by atoms with van der Waals surface area (Å²) in [6, 6.07) is 28.1. The fourth-order valence-corrected chi connectivity index (χ4v) is 10.4. The highest BCUT2D eigenvalue weighted by Gasteiger charge is 2.70. The molecule has 4 heterocycles. The van der Waals surface area contributed by atoms with Gasteiger partial charge in [0.25, 0.3) is 11.8 Å². The van der Waals surface area contributed by atoms with Crippen molar-refractivity contribution >= 4 is 69.4 Å². The van der Waals surface area contributed by atoms with Crippen molar-refractivity contribution < 1.29 is 46.6 Å². The number of rotatable bonds is 9. The van der Waals surface area contributed by atoms with Gasteiger partial charge in [0.15, 0.2) is 11.4 Å². The first-order valence-electron chi connectivity index (χ1n) is 20.3. The summed E-state index contributed by atoms with van der Waals surface area (Å²) >= 11 is 12.7. The molecule has 2 N–H and O–H groups in total. The quantitative estimate of drug-likeness (QED) is 0.106. The standard InChI is InChI=1S/C47H34Cl2F3N5O7/c48-28-11-9-26(10-12-28)46-34(43(60)57(45(46)62)55-40-35(49)21-27(23-53-40)47(50,51)52)22-33-31(39(46)24-7-15-30(16-8-24)63-20-19-58)17-18-32-38(33)44(61)56(42(32)59)29-13-5-25(6-14-29)41-54-36-3-1-2-4-37(36)64-41/h1-17,21,23,32-34,38-39,58H,18-20,22H2,(H,53,55). The number of alkyl halides is 3. The van der Waals surface area contributed by atoms with Gasteiger partial charge in [0.1, 0.15) is 17.9 Å². The molecule has 6 unspecified atom stereocenters. The second kappa shape index (κ2) is 15.6. The van der Waals surface area contributed by atoms with Gasteiger partial charge in [-0.05, 0) is 96.6 Å². The van der Waals surface area contributed by atoms with E-state index in [0.29, 0.717) is 68.0 Å². The van der Waals surface area contributed by atoms with E-state index < -0.39 is 75.4 Å². The Labute approximate surface area is 372 Å². The molecule has 4 amide bonds. The van der Waals surface area contributed by atoms with E-state index in [1.165, 1.54) is 4.90 Å². The molecule has 6 aromatic rings. The molecule has 2 aliphatic carbocycles. The zero-order valence-electron chi connectivity index (χ0n) is 33.3. The van der Waals surface area contributed by atoms with E-state index in [1.807, 2.05) is 24.3 Å². The number of amides is 4. The number of hydrazine groups is 1. The minimum atomic E-state index is -4.76. The molecule has 2 aliphatic heterocycles. The van der Waals surface area contributed by atoms with Gasteiger partial charge < -0.3 is 14.3 Å². The van der Waals surface area contributed by atoms with Gasteiger partial charge in [0.2, 0.25) is 17.7 Å². The summed E-state index contributed by atoms with van der Waals surface area (Å²) in [5.41, 5.74) is 3.71. The fraction of sp³-hybridized carbons (Fsp3) is 0.234. The number of nitrogens with one attached hydrogen (secondary N) is 1. The van der Waals surface area contributed by atoms with Crippen molar-refractivity contribution in [1.82, 2.24) is 15.0 Å². The summed E-state index contributed by atoms with van der Waals surface area (Å²) in [5.74, 6) is -6.47. The number of oxazole rings is 1. The summed E-state index contributed by atoms with van der Waals surface area (Å²) in [6.45, 7) is -0.206. The van der Waals surface area contributed by atoms with Gasteiger partial charge in [-0.15, -0.1) is 0 Å². The Morgan fingerprint density at radius 1 is 0.891 bits per heavy atom. The van der Waals surface area contributed by atoms with E-state index in [1.54, 1.807) is 78.9 Å². The third-order valence-corrected chi connectivity index (χ3v) is 13.3. The van der Waals surface area contributed by atoms with E-state index in [2.05, 4.69) is 15.4 Å². The number of ether oxygens (including phenoxy) is 1. The number of fused-ring (bicyclic) bond motifs is 5. The van der Waals surface area contributed by atoms with Gasteiger partial charge in [0.05, 0.1) is 46.0 Å². The maximum atomic E-state index is 15.5. The van der Waals surface area contributed by atoms with Crippen molar-refractivity contribution in [3.05, 3.63) is 148 Å². The third-order valence-electron chi connectivity index (χ3n) is 12.8. The molecule has 0 bridgehead atoms. The number of hydrogen-bond acceptors (Lipinski definition) is 10. The SMILES string of the molecule is O=C1C2CC3C(=CCC4C(=O)N(c5ccc(-c6nc7ccccc7o6)cc5)C(=O)C43)C(c3ccc(OCCO)cc3)C2(c2ccc(Cl)cc2)C(=O)N1Nc1ncc(C(F)(F)F)cc1Cl. The van der Waals surface area contributed by atoms with E-state index in [4.69, 9.17) is 32.4 Å². The Morgan fingerprint density at radius 3 is 2.31 bits per heavy atom. The van der Waals surface area contributed by atoms with Crippen LogP contribution in [0.5, 0.6) is 5.75 Å². The molecule has 2 saturated heterocycles. The van der Waals surface area contributed by atoms with Crippen molar-refractivity contribution in [2.45, 2.75) is 30.4 Å². The van der Waals surface area contributed by atoms with Crippen LogP contribution in [-0.2, 0) is 30.8 Å². The van der Waals surface area contributed by atoms with Crippen LogP contribution in [0.1, 0.15) is 35.4 Å². The van der Waals surface area contributed by atoms with Crippen LogP contribution in [0.3, 0.4) is 0 Å². The van der Waals surface area contributed by atoms with Crippen LogP contribution in [-0.4, -0.2) is 56.9 Å². The molecule has 17 heteroatoms. The van der Waals surface area contributed by atoms with Crippen molar-refractivity contribution in [3.8, 4) is 17.2 Å². The lowest BCUT2D eigenvalue weighted by Crippen LogP contribution is -2.53. The van der Waals surface area contributed by atoms with Gasteiger partial charge in [-0.1, -0.05) is 71.2 Å². The molecule has 324 valence electrons. The number of allylic oxidation sites excluding steroid dienone is 2. The Bertz CT molecular complexity index is 2870. The number of aliphatic hydroxyl groups is 1. The van der Waals surface area contributed by atoms with Crippen LogP contribution in [0.4, 0.5) is 24.7 Å². The number of pyridine rings is 1. The molecular weight excluding hydrogens is 874 g/mol. The van der Waals surface area contributed by atoms with Crippen LogP contribution in [0.25, 0.3) is 22.6 Å². The predicted molar refractivity (Wildman–Crippen MR) is 228 cm³/mol. The number of benzene rings is 4. The third kappa shape index (κ3) is 6.55. The van der Waals surface area contributed by atoms with Crippen LogP contribution < -0.4 is 15.1 Å². The van der Waals surface area contributed by atoms with Crippen molar-refractivity contribution in [1.29, 1.82) is 0 Å². The highest BCUT2D eigenvalue weighted by atomic mass is 35.5. The summed E-state index contributed by atoms with van der Waals surface area (Å²) in [4.78, 5) is 69.3. The minimum absolute atomic E-state index is 0.0240. The van der Waals surface area contributed by atoms with Crippen LogP contribution in [0.15, 0.2) is 125 Å². The first-order chi connectivity index (χ1) is 30.8. The number of carbonyl (C=O) groups excluding carboxylic acids is 4. The maximum absolute atomic E-state index is 15.5. The summed E-state index contributed by atoms with van der Waals surface area (Å²) < 4.78 is 52.3. The van der Waals surface area contributed by atoms with Crippen LogP contribution >= 0.6 is 23.2 Å². The second-order valence-corrected chi connectivity index (χ2v) is 16.9. The van der Waals surface area contributed by atoms with Gasteiger partial charge in [-0.3, -0.25) is 29.5 Å². The topological polar surface area (TPSA) is 155 Å². The average Bonchev–Trinajstić information content (AvgIpc) is 3.91. The number of imide groups is 2. The Balaban J connectivity index is 1.07. The van der Waals surface area contributed by atoms with Crippen LogP contribution in [0.2, 0.25) is 10.0 Å². The summed E-state index contributed by atoms with van der Waals surface area (Å²) in [5, 5.41) is 10.0. The largest absolute Gasteiger partial charge is 0.491 e. The van der Waals surface area contributed by atoms with Gasteiger partial charge in [-0.25, -0.2) is 9.97 Å². The maximum Gasteiger partial charge on any atom is 0.417 e. The van der Waals surface area contributed by atoms with Crippen molar-refractivity contribution in [3.63, 3.8) is 0 Å². The van der Waals surface area contributed by atoms with Gasteiger partial charge >= 0.3 is 6.18 Å². The molecule has 0 spiro atoms. The molecule has 3 fully saturated rings. The highest BCUT2D eigenvalue weighted by Crippen LogP contribution is 2.64. The first-order valence-corrected chi connectivity index (χ1v) is 21.1. The van der Waals surface area contributed by atoms with Crippen molar-refractivity contribution in [2.75, 3.05) is 23.5 Å². The monoisotopic (exact) mass is 907 g/mol. The summed E-state index contributed by atoms with van der Waals surface area (Å²) in [7, 11) is 0. The molecule has 12 nitrogen and oxygen atoms in total. The molecule has 2 aromatic heterocycles. The number of anilines is 2. The molecule has 6 atom stereocenters. The van der Waals surface area contributed by atoms with E-state index in [0.717, 1.165) is 5.01 Å². The number of para-hydroxylation sites is 2. The molecule has 0 radical (unpaired) electrons. The van der Waals surface area contributed by atoms with E-state index in [-0.39, 0.29) is 31.9 Å². The number of carbonyl (C=O) groups is 4. The lowest BCUT2D eigenvalue weighted by molar-refractivity contribution is -0.139. The highest BCUT2D eigenvalue weighted by molar-refractivity contribution is 6.33. The molecule has 4 aliphatic rings. The van der Waals surface area contributed by atoms with Gasteiger partial charge in [0, 0.05) is 22.7 Å². The lowest BCUT2D eigenvalue weighted by Gasteiger charge is -2.50. The Kier molecular flexibility index (Phi) is 10.1. The van der Waals surface area contributed by atoms with Crippen molar-refractivity contribution in [2.24, 2.45) is 23.7 Å². The molecular formula is C47H34Cl2F3N5O7. The Hall–Kier alpha value is -6.55. The van der Waals surface area contributed by atoms with Crippen LogP contribution in [0, 0.1) is 23.7 Å². The van der Waals surface area contributed by atoms with E-state index >= 15 is 9.59 Å². The zero-order valence-corrected chi connectivity index (χ0v) is 34.8. The lowest BCUT2D eigenvalue weighted by atomic mass is 9.49. The predicted octanol–water partition coefficient (Wildman–Crippen LogP) is 8.78. The number of hydrogen-bond donors (Lipinski definition) is 2. The number of aromatic nitrogens is 2. The summed E-state index contributed by atoms with van der Waals surface area (Å²) in [6.07, 6.45) is -2.22. The fourth-order valence-electron chi connectivity index (χ4n) is 10.1. The minimum Gasteiger partial charge on any atom is -0.491 e. The first kappa shape index (κ1) is 41.5. The molecule has 4 aromatic carbocycles. The number of aliphatic hydroxyl groups excluding tert-OH is 1. The normalized spacial score (nSPS) is 24.2. The average molecular weight is 909 g/mol. The smallest absolute Gasteiger partial charge is 0.417 e.